The summed E-state index contributed by atoms with van der Waals surface area (Å²) in [4.78, 5) is 56.3. The first-order chi connectivity index (χ1) is 15.0. The molecule has 3 amide bonds. The third-order valence-electron chi connectivity index (χ3n) is 3.65. The maximum Gasteiger partial charge on any atom is 0.363 e. The van der Waals surface area contributed by atoms with E-state index in [4.69, 9.17) is 11.6 Å². The standard InChI is InChI=1S/C14H16ClN5O9S3/c1-28-8(22)5-30-13-10(12(24)20(13)32(25,26)27)18-11(23)9(19-29-2)6-4-31-14(16-6)17-7(21)3-15/h4,10,13H,3,5H2,1-2H3,(H,18,23)(H,16,17,21)(H,25,26,27)/b19-9-/t10-,13+/m1/s1. The quantitative estimate of drug-likeness (QED) is 0.0842. The number of nitrogens with zero attached hydrogens (tertiary/aromatic N) is 3. The second-order valence-electron chi connectivity index (χ2n) is 5.68. The van der Waals surface area contributed by atoms with Crippen LogP contribution in [0.2, 0.25) is 0 Å². The molecule has 3 N–H and O–H groups in total. The fourth-order valence-corrected chi connectivity index (χ4v) is 5.34. The Bertz CT molecular complexity index is 1040. The van der Waals surface area contributed by atoms with Crippen LogP contribution in [0.5, 0.6) is 0 Å². The number of methoxy groups -OCH3 is 1. The molecule has 14 nitrogen and oxygen atoms in total. The summed E-state index contributed by atoms with van der Waals surface area (Å²) in [6.07, 6.45) is 0. The maximum absolute atomic E-state index is 12.7. The number of oxime groups is 1. The molecule has 0 radical (unpaired) electrons. The topological polar surface area (TPSA) is 194 Å². The van der Waals surface area contributed by atoms with Crippen LogP contribution >= 0.6 is 34.7 Å². The summed E-state index contributed by atoms with van der Waals surface area (Å²) in [6, 6.07) is -1.42. The van der Waals surface area contributed by atoms with E-state index in [0.29, 0.717) is 11.8 Å². The van der Waals surface area contributed by atoms with Crippen molar-refractivity contribution in [2.75, 3.05) is 31.2 Å². The number of amides is 3. The van der Waals surface area contributed by atoms with Crippen LogP contribution in [0.4, 0.5) is 5.13 Å². The largest absolute Gasteiger partial charge is 0.468 e. The zero-order valence-corrected chi connectivity index (χ0v) is 19.5. The van der Waals surface area contributed by atoms with Crippen LogP contribution in [0.25, 0.3) is 0 Å². The minimum absolute atomic E-state index is 0.0172. The van der Waals surface area contributed by atoms with Gasteiger partial charge in [0.05, 0.1) is 12.9 Å². The van der Waals surface area contributed by atoms with Crippen molar-refractivity contribution in [3.63, 3.8) is 0 Å². The fourth-order valence-electron chi connectivity index (χ4n) is 2.29. The average Bonchev–Trinajstić information content (AvgIpc) is 3.19. The Hall–Kier alpha value is -2.47. The lowest BCUT2D eigenvalue weighted by Crippen LogP contribution is -2.71. The lowest BCUT2D eigenvalue weighted by atomic mass is 10.1. The Balaban J connectivity index is 2.21. The number of thioether (sulfide) groups is 1. The molecule has 2 rings (SSSR count). The summed E-state index contributed by atoms with van der Waals surface area (Å²) in [5.74, 6) is -4.02. The molecule has 176 valence electrons. The summed E-state index contributed by atoms with van der Waals surface area (Å²) in [7, 11) is -2.68. The minimum Gasteiger partial charge on any atom is -0.468 e. The minimum atomic E-state index is -4.94. The van der Waals surface area contributed by atoms with E-state index in [9.17, 15) is 32.1 Å². The van der Waals surface area contributed by atoms with Crippen LogP contribution in [-0.4, -0.2) is 88.9 Å². The molecule has 0 aromatic carbocycles. The molecule has 0 bridgehead atoms. The van der Waals surface area contributed by atoms with Crippen molar-refractivity contribution < 1.29 is 41.7 Å². The molecule has 1 aliphatic heterocycles. The average molecular weight is 530 g/mol. The van der Waals surface area contributed by atoms with Crippen molar-refractivity contribution in [2.24, 2.45) is 5.16 Å². The normalized spacial score (nSPS) is 18.6. The molecule has 0 aliphatic carbocycles. The Morgan fingerprint density at radius 2 is 2.09 bits per heavy atom. The van der Waals surface area contributed by atoms with Gasteiger partial charge in [-0.2, -0.15) is 12.7 Å². The highest BCUT2D eigenvalue weighted by molar-refractivity contribution is 8.01. The lowest BCUT2D eigenvalue weighted by molar-refractivity contribution is -0.141. The molecule has 1 fully saturated rings. The molecular weight excluding hydrogens is 514 g/mol. The number of β-lactam (4-membered cyclic amide) rings is 1. The van der Waals surface area contributed by atoms with Gasteiger partial charge in [0.1, 0.15) is 30.1 Å². The van der Waals surface area contributed by atoms with Crippen molar-refractivity contribution in [1.29, 1.82) is 0 Å². The van der Waals surface area contributed by atoms with Gasteiger partial charge in [0.15, 0.2) is 10.8 Å². The molecule has 1 aromatic rings. The van der Waals surface area contributed by atoms with Gasteiger partial charge in [-0.15, -0.1) is 34.7 Å². The van der Waals surface area contributed by atoms with Gasteiger partial charge < -0.3 is 20.2 Å². The smallest absolute Gasteiger partial charge is 0.363 e. The lowest BCUT2D eigenvalue weighted by Gasteiger charge is -2.43. The number of esters is 1. The summed E-state index contributed by atoms with van der Waals surface area (Å²) >= 11 is 7.02. The molecule has 18 heteroatoms. The fraction of sp³-hybridized carbons (Fsp3) is 0.429. The maximum atomic E-state index is 12.7. The van der Waals surface area contributed by atoms with Gasteiger partial charge in [-0.1, -0.05) is 5.16 Å². The summed E-state index contributed by atoms with van der Waals surface area (Å²) in [5.41, 5.74) is -0.402. The molecule has 0 unspecified atom stereocenters. The number of rotatable bonds is 10. The summed E-state index contributed by atoms with van der Waals surface area (Å²) < 4.78 is 36.8. The Morgan fingerprint density at radius 3 is 2.66 bits per heavy atom. The van der Waals surface area contributed by atoms with Gasteiger partial charge in [-0.05, 0) is 0 Å². The number of ether oxygens (including phenoxy) is 1. The van der Waals surface area contributed by atoms with E-state index in [1.54, 1.807) is 0 Å². The Kier molecular flexibility index (Phi) is 8.79. The number of hydrogen-bond acceptors (Lipinski definition) is 12. The number of carbonyl (C=O) groups is 4. The first-order valence-electron chi connectivity index (χ1n) is 8.26. The van der Waals surface area contributed by atoms with Gasteiger partial charge in [0.25, 0.3) is 11.8 Å². The summed E-state index contributed by atoms with van der Waals surface area (Å²) in [6.45, 7) is 0. The van der Waals surface area contributed by atoms with E-state index in [0.717, 1.165) is 25.6 Å². The van der Waals surface area contributed by atoms with Gasteiger partial charge in [0.2, 0.25) is 5.91 Å². The number of aromatic nitrogens is 1. The van der Waals surface area contributed by atoms with Crippen molar-refractivity contribution >= 4 is 79.5 Å². The van der Waals surface area contributed by atoms with Crippen molar-refractivity contribution in [2.45, 2.75) is 11.4 Å². The number of thiazole rings is 1. The molecule has 32 heavy (non-hydrogen) atoms. The van der Waals surface area contributed by atoms with E-state index in [2.05, 4.69) is 30.3 Å². The number of hydrogen-bond donors (Lipinski definition) is 3. The number of nitrogens with one attached hydrogen (secondary N) is 2. The van der Waals surface area contributed by atoms with Gasteiger partial charge in [0, 0.05) is 5.38 Å². The van der Waals surface area contributed by atoms with E-state index in [1.165, 1.54) is 5.38 Å². The number of halogens is 1. The molecule has 2 atom stereocenters. The van der Waals surface area contributed by atoms with Crippen molar-refractivity contribution in [3.8, 4) is 0 Å². The molecule has 1 aliphatic rings. The number of carbonyl (C=O) groups excluding carboxylic acids is 4. The highest BCUT2D eigenvalue weighted by atomic mass is 35.5. The summed E-state index contributed by atoms with van der Waals surface area (Å²) in [5, 5.41) is 8.39. The van der Waals surface area contributed by atoms with Crippen LogP contribution < -0.4 is 10.6 Å². The monoisotopic (exact) mass is 529 g/mol. The zero-order chi connectivity index (χ0) is 24.1. The van der Waals surface area contributed by atoms with Crippen LogP contribution in [-0.2, 0) is 39.1 Å². The first-order valence-corrected chi connectivity index (χ1v) is 12.1. The van der Waals surface area contributed by atoms with Crippen LogP contribution in [0.1, 0.15) is 5.69 Å². The van der Waals surface area contributed by atoms with Crippen LogP contribution in [0.3, 0.4) is 0 Å². The predicted molar refractivity (Wildman–Crippen MR) is 114 cm³/mol. The van der Waals surface area contributed by atoms with Crippen molar-refractivity contribution in [1.82, 2.24) is 14.6 Å². The molecule has 0 saturated carbocycles. The highest BCUT2D eigenvalue weighted by Gasteiger charge is 2.54. The van der Waals surface area contributed by atoms with E-state index >= 15 is 0 Å². The van der Waals surface area contributed by atoms with E-state index < -0.39 is 45.4 Å². The third-order valence-corrected chi connectivity index (χ3v) is 6.91. The molecule has 2 heterocycles. The predicted octanol–water partition coefficient (Wildman–Crippen LogP) is -0.967. The van der Waals surface area contributed by atoms with E-state index in [1.807, 2.05) is 0 Å². The number of alkyl halides is 1. The highest BCUT2D eigenvalue weighted by Crippen LogP contribution is 2.32. The van der Waals surface area contributed by atoms with E-state index in [-0.39, 0.29) is 32.5 Å². The second kappa shape index (κ2) is 10.9. The van der Waals surface area contributed by atoms with Gasteiger partial charge >= 0.3 is 16.3 Å². The first kappa shape index (κ1) is 25.8. The number of anilines is 1. The molecule has 1 aromatic heterocycles. The molecular formula is C14H16ClN5O9S3. The SMILES string of the molecule is CO/N=C(\C(=O)N[C@@H]1C(=O)N(S(=O)(=O)O)[C@H]1SCC(=O)OC)c1csc(NC(=O)CCl)n1. The second-order valence-corrected chi connectivity index (χ2v) is 9.20. The molecule has 0 spiro atoms. The zero-order valence-electron chi connectivity index (χ0n) is 16.3. The molecule has 1 saturated heterocycles. The van der Waals surface area contributed by atoms with Crippen molar-refractivity contribution in [3.05, 3.63) is 11.1 Å². The van der Waals surface area contributed by atoms with Crippen LogP contribution in [0, 0.1) is 0 Å². The Labute approximate surface area is 194 Å². The van der Waals surface area contributed by atoms with Gasteiger partial charge in [-0.25, -0.2) is 4.98 Å². The van der Waals surface area contributed by atoms with Gasteiger partial charge in [-0.3, -0.25) is 23.7 Å². The van der Waals surface area contributed by atoms with Crippen LogP contribution in [0.15, 0.2) is 10.5 Å². The third kappa shape index (κ3) is 6.06. The Morgan fingerprint density at radius 1 is 1.41 bits per heavy atom.